The van der Waals surface area contributed by atoms with E-state index in [1.54, 1.807) is 18.5 Å². The Balaban J connectivity index is 1.74. The predicted molar refractivity (Wildman–Crippen MR) is 116 cm³/mol. The lowest BCUT2D eigenvalue weighted by Crippen LogP contribution is -2.24. The highest BCUT2D eigenvalue weighted by molar-refractivity contribution is 6.10. The molecule has 0 aliphatic rings. The molecule has 0 bridgehead atoms. The highest BCUT2D eigenvalue weighted by Gasteiger charge is 2.17. The summed E-state index contributed by atoms with van der Waals surface area (Å²) in [5.74, 6) is -0.233. The second kappa shape index (κ2) is 7.98. The Hall–Kier alpha value is -3.93. The average Bonchev–Trinajstić information content (AvgIpc) is 2.75. The van der Waals surface area contributed by atoms with Crippen molar-refractivity contribution in [2.75, 3.05) is 11.1 Å². The molecule has 0 spiro atoms. The Morgan fingerprint density at radius 2 is 1.83 bits per heavy atom. The normalized spacial score (nSPS) is 10.7. The number of para-hydroxylation sites is 2. The van der Waals surface area contributed by atoms with Crippen LogP contribution in [0.25, 0.3) is 10.9 Å². The number of anilines is 3. The standard InChI is InChI=1S/C23H21N5O/c1-15-7-2-3-11-20(15)28-21-17-9-6-10-19(24)22(17)26-14-18(21)23(29)27-13-16-8-4-5-12-25-16/h2-12,14H,13,24H2,1H3,(H,26,28)(H,27,29). The second-order valence-electron chi connectivity index (χ2n) is 6.73. The summed E-state index contributed by atoms with van der Waals surface area (Å²) >= 11 is 0. The number of carbonyl (C=O) groups is 1. The summed E-state index contributed by atoms with van der Waals surface area (Å²) in [4.78, 5) is 21.7. The summed E-state index contributed by atoms with van der Waals surface area (Å²) in [7, 11) is 0. The molecule has 4 rings (SSSR count). The molecule has 0 atom stereocenters. The molecule has 2 aromatic carbocycles. The van der Waals surface area contributed by atoms with Crippen LogP contribution in [-0.2, 0) is 6.54 Å². The quantitative estimate of drug-likeness (QED) is 0.449. The minimum atomic E-state index is -0.233. The molecule has 144 valence electrons. The van der Waals surface area contributed by atoms with Crippen LogP contribution in [0.4, 0.5) is 17.1 Å². The summed E-state index contributed by atoms with van der Waals surface area (Å²) in [5.41, 5.74) is 11.2. The van der Waals surface area contributed by atoms with Gasteiger partial charge in [-0.05, 0) is 36.8 Å². The minimum absolute atomic E-state index is 0.233. The molecule has 0 saturated carbocycles. The maximum absolute atomic E-state index is 13.0. The first-order valence-corrected chi connectivity index (χ1v) is 9.31. The van der Waals surface area contributed by atoms with Crippen molar-refractivity contribution in [2.24, 2.45) is 0 Å². The molecule has 0 unspecified atom stereocenters. The van der Waals surface area contributed by atoms with E-state index in [9.17, 15) is 4.79 Å². The van der Waals surface area contributed by atoms with Gasteiger partial charge in [0.05, 0.1) is 34.7 Å². The number of fused-ring (bicyclic) bond motifs is 1. The molecule has 4 N–H and O–H groups in total. The number of nitrogens with two attached hydrogens (primary N) is 1. The summed E-state index contributed by atoms with van der Waals surface area (Å²) < 4.78 is 0. The number of pyridine rings is 2. The number of nitrogens with one attached hydrogen (secondary N) is 2. The fourth-order valence-electron chi connectivity index (χ4n) is 3.17. The monoisotopic (exact) mass is 383 g/mol. The van der Waals surface area contributed by atoms with Crippen LogP contribution in [0.2, 0.25) is 0 Å². The van der Waals surface area contributed by atoms with E-state index in [-0.39, 0.29) is 5.91 Å². The van der Waals surface area contributed by atoms with E-state index >= 15 is 0 Å². The van der Waals surface area contributed by atoms with Gasteiger partial charge in [0, 0.05) is 23.5 Å². The molecule has 2 aromatic heterocycles. The Bertz CT molecular complexity index is 1170. The number of amides is 1. The third kappa shape index (κ3) is 3.87. The van der Waals surface area contributed by atoms with Crippen molar-refractivity contribution in [3.63, 3.8) is 0 Å². The Morgan fingerprint density at radius 1 is 1.00 bits per heavy atom. The number of aromatic nitrogens is 2. The van der Waals surface area contributed by atoms with Crippen LogP contribution in [-0.4, -0.2) is 15.9 Å². The molecule has 6 heteroatoms. The Kier molecular flexibility index (Phi) is 5.07. The van der Waals surface area contributed by atoms with Crippen molar-refractivity contribution < 1.29 is 4.79 Å². The number of hydrogen-bond acceptors (Lipinski definition) is 5. The van der Waals surface area contributed by atoms with Crippen LogP contribution in [0.15, 0.2) is 73.1 Å². The molecular formula is C23H21N5O. The average molecular weight is 383 g/mol. The van der Waals surface area contributed by atoms with E-state index in [4.69, 9.17) is 5.73 Å². The fourth-order valence-corrected chi connectivity index (χ4v) is 3.17. The molecule has 2 heterocycles. The van der Waals surface area contributed by atoms with Crippen molar-refractivity contribution in [3.8, 4) is 0 Å². The third-order valence-electron chi connectivity index (χ3n) is 4.73. The van der Waals surface area contributed by atoms with Gasteiger partial charge >= 0.3 is 0 Å². The molecule has 0 aliphatic heterocycles. The number of benzene rings is 2. The van der Waals surface area contributed by atoms with Gasteiger partial charge in [-0.2, -0.15) is 0 Å². The first-order valence-electron chi connectivity index (χ1n) is 9.31. The van der Waals surface area contributed by atoms with E-state index in [1.165, 1.54) is 0 Å². The molecule has 0 aliphatic carbocycles. The Labute approximate surface area is 168 Å². The summed E-state index contributed by atoms with van der Waals surface area (Å²) in [5, 5.41) is 7.13. The maximum Gasteiger partial charge on any atom is 0.255 e. The molecule has 29 heavy (non-hydrogen) atoms. The van der Waals surface area contributed by atoms with Crippen molar-refractivity contribution in [1.29, 1.82) is 0 Å². The van der Waals surface area contributed by atoms with Crippen molar-refractivity contribution in [1.82, 2.24) is 15.3 Å². The molecule has 6 nitrogen and oxygen atoms in total. The molecule has 1 amide bonds. The first-order chi connectivity index (χ1) is 14.1. The van der Waals surface area contributed by atoms with Gasteiger partial charge in [-0.15, -0.1) is 0 Å². The zero-order chi connectivity index (χ0) is 20.2. The Morgan fingerprint density at radius 3 is 2.62 bits per heavy atom. The van der Waals surface area contributed by atoms with Crippen LogP contribution in [0.5, 0.6) is 0 Å². The largest absolute Gasteiger partial charge is 0.397 e. The second-order valence-corrected chi connectivity index (χ2v) is 6.73. The first kappa shape index (κ1) is 18.4. The van der Waals surface area contributed by atoms with Crippen LogP contribution in [0.1, 0.15) is 21.6 Å². The van der Waals surface area contributed by atoms with Crippen molar-refractivity contribution >= 4 is 33.9 Å². The minimum Gasteiger partial charge on any atom is -0.397 e. The number of aryl methyl sites for hydroxylation is 1. The van der Waals surface area contributed by atoms with Crippen molar-refractivity contribution in [3.05, 3.63) is 89.9 Å². The van der Waals surface area contributed by atoms with Gasteiger partial charge < -0.3 is 16.4 Å². The summed E-state index contributed by atoms with van der Waals surface area (Å²) in [6.45, 7) is 2.35. The number of carbonyl (C=O) groups excluding carboxylic acids is 1. The maximum atomic E-state index is 13.0. The third-order valence-corrected chi connectivity index (χ3v) is 4.73. The topological polar surface area (TPSA) is 92.9 Å². The van der Waals surface area contributed by atoms with Crippen LogP contribution >= 0.6 is 0 Å². The SMILES string of the molecule is Cc1ccccc1Nc1c(C(=O)NCc2ccccn2)cnc2c(N)cccc12. The smallest absolute Gasteiger partial charge is 0.255 e. The summed E-state index contributed by atoms with van der Waals surface area (Å²) in [6, 6.07) is 19.1. The molecule has 0 radical (unpaired) electrons. The number of rotatable bonds is 5. The van der Waals surface area contributed by atoms with E-state index in [1.807, 2.05) is 61.5 Å². The van der Waals surface area contributed by atoms with E-state index < -0.39 is 0 Å². The van der Waals surface area contributed by atoms with Crippen LogP contribution < -0.4 is 16.4 Å². The fraction of sp³-hybridized carbons (Fsp3) is 0.0870. The van der Waals surface area contributed by atoms with Crippen LogP contribution in [0.3, 0.4) is 0 Å². The van der Waals surface area contributed by atoms with Gasteiger partial charge in [0.15, 0.2) is 0 Å². The molecule has 4 aromatic rings. The van der Waals surface area contributed by atoms with Gasteiger partial charge in [0.25, 0.3) is 5.91 Å². The zero-order valence-electron chi connectivity index (χ0n) is 16.0. The van der Waals surface area contributed by atoms with Gasteiger partial charge in [-0.3, -0.25) is 14.8 Å². The van der Waals surface area contributed by atoms with Gasteiger partial charge in [0.1, 0.15) is 0 Å². The summed E-state index contributed by atoms with van der Waals surface area (Å²) in [6.07, 6.45) is 3.26. The molecule has 0 saturated heterocycles. The highest BCUT2D eigenvalue weighted by atomic mass is 16.1. The number of hydrogen-bond donors (Lipinski definition) is 3. The number of nitrogens with zero attached hydrogens (tertiary/aromatic N) is 2. The zero-order valence-corrected chi connectivity index (χ0v) is 16.0. The van der Waals surface area contributed by atoms with Crippen molar-refractivity contribution in [2.45, 2.75) is 13.5 Å². The van der Waals surface area contributed by atoms with E-state index in [2.05, 4.69) is 20.6 Å². The molecule has 0 fully saturated rings. The number of nitrogen functional groups attached to an aromatic ring is 1. The lowest BCUT2D eigenvalue weighted by molar-refractivity contribution is 0.0951. The van der Waals surface area contributed by atoms with E-state index in [0.29, 0.717) is 29.0 Å². The lowest BCUT2D eigenvalue weighted by Gasteiger charge is -2.16. The van der Waals surface area contributed by atoms with E-state index in [0.717, 1.165) is 22.3 Å². The van der Waals surface area contributed by atoms with Gasteiger partial charge in [0.2, 0.25) is 0 Å². The van der Waals surface area contributed by atoms with Crippen LogP contribution in [0, 0.1) is 6.92 Å². The predicted octanol–water partition coefficient (Wildman–Crippen LogP) is 4.19. The van der Waals surface area contributed by atoms with Gasteiger partial charge in [-0.25, -0.2) is 0 Å². The lowest BCUT2D eigenvalue weighted by atomic mass is 10.1. The molecular weight excluding hydrogens is 362 g/mol. The highest BCUT2D eigenvalue weighted by Crippen LogP contribution is 2.32. The van der Waals surface area contributed by atoms with Gasteiger partial charge in [-0.1, -0.05) is 36.4 Å².